The van der Waals surface area contributed by atoms with Crippen LogP contribution in [0.5, 0.6) is 5.75 Å². The summed E-state index contributed by atoms with van der Waals surface area (Å²) in [7, 11) is 0. The number of carbonyl (C=O) groups is 3. The zero-order valence-corrected chi connectivity index (χ0v) is 17.7. The van der Waals surface area contributed by atoms with Crippen LogP contribution in [0.1, 0.15) is 36.7 Å². The van der Waals surface area contributed by atoms with E-state index in [0.717, 1.165) is 0 Å². The van der Waals surface area contributed by atoms with E-state index in [1.165, 1.54) is 24.3 Å². The highest BCUT2D eigenvalue weighted by Crippen LogP contribution is 2.15. The van der Waals surface area contributed by atoms with Crippen LogP contribution < -0.4 is 10.1 Å². The van der Waals surface area contributed by atoms with Crippen LogP contribution >= 0.6 is 11.6 Å². The lowest BCUT2D eigenvalue weighted by atomic mass is 10.1. The number of aliphatic carboxylic acids is 1. The summed E-state index contributed by atoms with van der Waals surface area (Å²) in [4.78, 5) is 35.7. The molecule has 2 aromatic carbocycles. The molecule has 0 unspecified atom stereocenters. The van der Waals surface area contributed by atoms with E-state index in [0.29, 0.717) is 16.3 Å². The molecular weight excluding hydrogens is 410 g/mol. The Balaban J connectivity index is 1.95. The molecule has 0 saturated heterocycles. The summed E-state index contributed by atoms with van der Waals surface area (Å²) < 4.78 is 10.5. The number of amides is 1. The normalized spacial score (nSPS) is 12.0. The Bertz CT molecular complexity index is 905. The zero-order chi connectivity index (χ0) is 22.3. The van der Waals surface area contributed by atoms with Crippen LogP contribution in [0.3, 0.4) is 0 Å². The molecule has 1 amide bonds. The summed E-state index contributed by atoms with van der Waals surface area (Å²) in [6.07, 6.45) is 0.0959. The molecule has 2 rings (SSSR count). The number of ether oxygens (including phenoxy) is 2. The van der Waals surface area contributed by atoms with Crippen LogP contribution in [0, 0.1) is 0 Å². The van der Waals surface area contributed by atoms with E-state index >= 15 is 0 Å². The lowest BCUT2D eigenvalue weighted by molar-refractivity contribution is -0.157. The van der Waals surface area contributed by atoms with Crippen molar-refractivity contribution in [2.75, 3.05) is 6.61 Å². The number of carboxylic acids is 1. The van der Waals surface area contributed by atoms with Crippen LogP contribution in [0.2, 0.25) is 5.02 Å². The smallest absolute Gasteiger partial charge is 0.344 e. The van der Waals surface area contributed by atoms with Crippen LogP contribution in [-0.4, -0.2) is 41.2 Å². The molecule has 0 spiro atoms. The Labute approximate surface area is 179 Å². The van der Waals surface area contributed by atoms with Gasteiger partial charge in [-0.2, -0.15) is 0 Å². The van der Waals surface area contributed by atoms with Crippen molar-refractivity contribution in [2.45, 2.75) is 38.8 Å². The first-order chi connectivity index (χ1) is 14.0. The summed E-state index contributed by atoms with van der Waals surface area (Å²) in [6.45, 7) is 5.02. The minimum Gasteiger partial charge on any atom is -0.482 e. The number of hydrogen-bond acceptors (Lipinski definition) is 5. The van der Waals surface area contributed by atoms with Crippen molar-refractivity contribution >= 4 is 29.4 Å². The van der Waals surface area contributed by atoms with E-state index in [1.807, 2.05) is 0 Å². The molecule has 8 heteroatoms. The third-order valence-electron chi connectivity index (χ3n) is 3.83. The van der Waals surface area contributed by atoms with Crippen molar-refractivity contribution in [1.29, 1.82) is 0 Å². The summed E-state index contributed by atoms with van der Waals surface area (Å²) >= 11 is 5.93. The first-order valence-corrected chi connectivity index (χ1v) is 9.64. The maximum Gasteiger partial charge on any atom is 0.344 e. The molecule has 160 valence electrons. The van der Waals surface area contributed by atoms with Gasteiger partial charge in [0, 0.05) is 17.0 Å². The summed E-state index contributed by atoms with van der Waals surface area (Å²) in [5.74, 6) is -1.82. The molecule has 1 atom stereocenters. The molecule has 0 aliphatic carbocycles. The third kappa shape index (κ3) is 7.75. The largest absolute Gasteiger partial charge is 0.482 e. The van der Waals surface area contributed by atoms with Crippen LogP contribution in [0.4, 0.5) is 0 Å². The third-order valence-corrected chi connectivity index (χ3v) is 4.06. The molecule has 0 aliphatic rings. The molecule has 0 radical (unpaired) electrons. The fourth-order valence-electron chi connectivity index (χ4n) is 2.56. The zero-order valence-electron chi connectivity index (χ0n) is 17.0. The molecule has 0 fully saturated rings. The summed E-state index contributed by atoms with van der Waals surface area (Å²) in [5.41, 5.74) is 0.354. The summed E-state index contributed by atoms with van der Waals surface area (Å²) in [5, 5.41) is 12.4. The van der Waals surface area contributed by atoms with Crippen molar-refractivity contribution in [1.82, 2.24) is 5.32 Å². The van der Waals surface area contributed by atoms with Gasteiger partial charge in [0.1, 0.15) is 17.4 Å². The Kier molecular flexibility index (Phi) is 7.83. The molecule has 7 nitrogen and oxygen atoms in total. The van der Waals surface area contributed by atoms with Crippen LogP contribution in [0.25, 0.3) is 0 Å². The average molecular weight is 434 g/mol. The lowest BCUT2D eigenvalue weighted by Crippen LogP contribution is -2.42. The van der Waals surface area contributed by atoms with E-state index in [-0.39, 0.29) is 18.6 Å². The van der Waals surface area contributed by atoms with Crippen molar-refractivity contribution < 1.29 is 29.0 Å². The van der Waals surface area contributed by atoms with Crippen LogP contribution in [0.15, 0.2) is 48.5 Å². The fraction of sp³-hybridized carbons (Fsp3) is 0.318. The van der Waals surface area contributed by atoms with E-state index in [1.54, 1.807) is 45.0 Å². The number of carbonyl (C=O) groups excluding carboxylic acids is 2. The molecule has 2 aromatic rings. The van der Waals surface area contributed by atoms with Gasteiger partial charge in [0.25, 0.3) is 5.91 Å². The molecule has 0 bridgehead atoms. The molecule has 0 aliphatic heterocycles. The standard InChI is InChI=1S/C22H24ClNO6/c1-22(2,3)30-19(25)13-29-17-9-7-15(8-10-17)20(26)24-18(21(27)28)12-14-5-4-6-16(23)11-14/h4-11,18H,12-13H2,1-3H3,(H,24,26)(H,27,28)/t18-/m0/s1. The number of nitrogens with one attached hydrogen (secondary N) is 1. The van der Waals surface area contributed by atoms with Crippen molar-refractivity contribution in [3.8, 4) is 5.75 Å². The number of rotatable bonds is 8. The second kappa shape index (κ2) is 10.1. The van der Waals surface area contributed by atoms with Crippen molar-refractivity contribution in [3.63, 3.8) is 0 Å². The molecule has 0 saturated carbocycles. The van der Waals surface area contributed by atoms with Gasteiger partial charge in [-0.15, -0.1) is 0 Å². The summed E-state index contributed by atoms with van der Waals surface area (Å²) in [6, 6.07) is 11.7. The topological polar surface area (TPSA) is 102 Å². The SMILES string of the molecule is CC(C)(C)OC(=O)COc1ccc(C(=O)N[C@@H](Cc2cccc(Cl)c2)C(=O)O)cc1. The molecular formula is C22H24ClNO6. The Morgan fingerprint density at radius 1 is 1.10 bits per heavy atom. The minimum absolute atomic E-state index is 0.0959. The second-order valence-electron chi connectivity index (χ2n) is 7.60. The number of benzene rings is 2. The number of carboxylic acid groups (broad SMARTS) is 1. The average Bonchev–Trinajstić information content (AvgIpc) is 2.65. The van der Waals surface area contributed by atoms with Gasteiger partial charge in [-0.05, 0) is 62.7 Å². The lowest BCUT2D eigenvalue weighted by Gasteiger charge is -2.19. The first-order valence-electron chi connectivity index (χ1n) is 9.26. The Morgan fingerprint density at radius 3 is 2.33 bits per heavy atom. The monoisotopic (exact) mass is 433 g/mol. The highest BCUT2D eigenvalue weighted by Gasteiger charge is 2.21. The fourth-order valence-corrected chi connectivity index (χ4v) is 2.77. The number of hydrogen-bond donors (Lipinski definition) is 2. The Morgan fingerprint density at radius 2 is 1.77 bits per heavy atom. The molecule has 30 heavy (non-hydrogen) atoms. The maximum absolute atomic E-state index is 12.4. The van der Waals surface area contributed by atoms with E-state index in [9.17, 15) is 19.5 Å². The van der Waals surface area contributed by atoms with E-state index in [2.05, 4.69) is 5.32 Å². The van der Waals surface area contributed by atoms with Gasteiger partial charge in [-0.1, -0.05) is 23.7 Å². The second-order valence-corrected chi connectivity index (χ2v) is 8.03. The quantitative estimate of drug-likeness (QED) is 0.618. The van der Waals surface area contributed by atoms with Crippen LogP contribution in [-0.2, 0) is 20.7 Å². The van der Waals surface area contributed by atoms with Gasteiger partial charge in [0.15, 0.2) is 6.61 Å². The van der Waals surface area contributed by atoms with E-state index in [4.69, 9.17) is 21.1 Å². The maximum atomic E-state index is 12.4. The molecule has 2 N–H and O–H groups in total. The minimum atomic E-state index is -1.15. The van der Waals surface area contributed by atoms with E-state index < -0.39 is 29.5 Å². The van der Waals surface area contributed by atoms with Gasteiger partial charge >= 0.3 is 11.9 Å². The highest BCUT2D eigenvalue weighted by atomic mass is 35.5. The van der Waals surface area contributed by atoms with Crippen molar-refractivity contribution in [3.05, 3.63) is 64.7 Å². The van der Waals surface area contributed by atoms with Gasteiger partial charge in [0.05, 0.1) is 0 Å². The first kappa shape index (κ1) is 23.2. The highest BCUT2D eigenvalue weighted by molar-refractivity contribution is 6.30. The number of esters is 1. The van der Waals surface area contributed by atoms with Crippen molar-refractivity contribution in [2.24, 2.45) is 0 Å². The van der Waals surface area contributed by atoms with Gasteiger partial charge < -0.3 is 19.9 Å². The Hall–Kier alpha value is -3.06. The predicted molar refractivity (Wildman–Crippen MR) is 112 cm³/mol. The number of halogens is 1. The molecule has 0 heterocycles. The molecule has 0 aromatic heterocycles. The predicted octanol–water partition coefficient (Wildman–Crippen LogP) is 3.49. The van der Waals surface area contributed by atoms with Gasteiger partial charge in [0.2, 0.25) is 0 Å². The van der Waals surface area contributed by atoms with Gasteiger partial charge in [-0.3, -0.25) is 4.79 Å². The van der Waals surface area contributed by atoms with Gasteiger partial charge in [-0.25, -0.2) is 9.59 Å².